The minimum absolute atomic E-state index is 0.212. The van der Waals surface area contributed by atoms with Gasteiger partial charge in [0, 0.05) is 31.3 Å². The first-order valence-electron chi connectivity index (χ1n) is 8.72. The van der Waals surface area contributed by atoms with Crippen LogP contribution in [0.1, 0.15) is 18.9 Å². The summed E-state index contributed by atoms with van der Waals surface area (Å²) in [6.45, 7) is 3.68. The predicted molar refractivity (Wildman–Crippen MR) is 102 cm³/mol. The Morgan fingerprint density at radius 2 is 1.93 bits per heavy atom. The molecule has 0 aliphatic carbocycles. The van der Waals surface area contributed by atoms with Gasteiger partial charge in [0.05, 0.1) is 18.6 Å². The van der Waals surface area contributed by atoms with Crippen LogP contribution in [0.4, 0.5) is 5.69 Å². The van der Waals surface area contributed by atoms with Gasteiger partial charge in [-0.1, -0.05) is 0 Å². The lowest BCUT2D eigenvalue weighted by atomic mass is 10.2. The summed E-state index contributed by atoms with van der Waals surface area (Å²) in [5, 5.41) is 10.4. The number of anilines is 1. The molecule has 10 heteroatoms. The molecule has 1 aliphatic heterocycles. The number of benzene rings is 1. The van der Waals surface area contributed by atoms with Gasteiger partial charge in [-0.05, 0) is 37.1 Å². The number of rotatable bonds is 6. The number of nitrogens with zero attached hydrogens (tertiary/aromatic N) is 3. The fourth-order valence-corrected chi connectivity index (χ4v) is 4.71. The first kappa shape index (κ1) is 20.0. The minimum Gasteiger partial charge on any atom is -0.480 e. The highest BCUT2D eigenvalue weighted by Crippen LogP contribution is 2.27. The van der Waals surface area contributed by atoms with Crippen molar-refractivity contribution in [3.63, 3.8) is 0 Å². The second kappa shape index (κ2) is 8.11. The molecule has 2 aromatic rings. The standard InChI is InChI=1S/C18H22N4O5S/c1-12-10-14(19-13(2)23)4-5-16(12)28(24,25)22-9-8-15(11-22)27-18-7-6-17(26-3)20-21-18/h4-7,10,15H,8-9,11H2,1-3H3,(H,19,23). The second-order valence-corrected chi connectivity index (χ2v) is 8.37. The Bertz CT molecular complexity index is 962. The topological polar surface area (TPSA) is 111 Å². The summed E-state index contributed by atoms with van der Waals surface area (Å²) in [5.41, 5.74) is 1.13. The van der Waals surface area contributed by atoms with E-state index in [1.807, 2.05) is 0 Å². The molecule has 3 rings (SSSR count). The Morgan fingerprint density at radius 3 is 2.54 bits per heavy atom. The van der Waals surface area contributed by atoms with E-state index in [9.17, 15) is 13.2 Å². The van der Waals surface area contributed by atoms with E-state index in [1.54, 1.807) is 31.2 Å². The third-order valence-corrected chi connectivity index (χ3v) is 6.36. The molecule has 1 fully saturated rings. The summed E-state index contributed by atoms with van der Waals surface area (Å²) in [7, 11) is -2.17. The molecule has 1 aromatic heterocycles. The van der Waals surface area contributed by atoms with Crippen LogP contribution < -0.4 is 14.8 Å². The lowest BCUT2D eigenvalue weighted by molar-refractivity contribution is -0.114. The van der Waals surface area contributed by atoms with E-state index in [0.717, 1.165) is 0 Å². The number of sulfonamides is 1. The van der Waals surface area contributed by atoms with Crippen molar-refractivity contribution in [2.75, 3.05) is 25.5 Å². The van der Waals surface area contributed by atoms with Crippen molar-refractivity contribution in [3.8, 4) is 11.8 Å². The van der Waals surface area contributed by atoms with Crippen LogP contribution in [-0.2, 0) is 14.8 Å². The maximum atomic E-state index is 13.0. The van der Waals surface area contributed by atoms with Gasteiger partial charge in [-0.2, -0.15) is 4.31 Å². The van der Waals surface area contributed by atoms with Crippen LogP contribution in [0.2, 0.25) is 0 Å². The highest BCUT2D eigenvalue weighted by atomic mass is 32.2. The van der Waals surface area contributed by atoms with E-state index in [-0.39, 0.29) is 23.5 Å². The predicted octanol–water partition coefficient (Wildman–Crippen LogP) is 1.59. The first-order chi connectivity index (χ1) is 13.3. The number of methoxy groups -OCH3 is 1. The van der Waals surface area contributed by atoms with E-state index in [0.29, 0.717) is 36.0 Å². The number of amides is 1. The SMILES string of the molecule is COc1ccc(OC2CCN(S(=O)(=O)c3ccc(NC(C)=O)cc3C)C2)nn1. The zero-order chi connectivity index (χ0) is 20.3. The van der Waals surface area contributed by atoms with Crippen LogP contribution >= 0.6 is 0 Å². The molecule has 1 N–H and O–H groups in total. The highest BCUT2D eigenvalue weighted by molar-refractivity contribution is 7.89. The number of carbonyl (C=O) groups excluding carboxylic acids is 1. The van der Waals surface area contributed by atoms with Crippen LogP contribution in [0.25, 0.3) is 0 Å². The molecule has 1 saturated heterocycles. The summed E-state index contributed by atoms with van der Waals surface area (Å²) in [5.74, 6) is 0.484. The van der Waals surface area contributed by atoms with Gasteiger partial charge in [0.25, 0.3) is 0 Å². The second-order valence-electron chi connectivity index (χ2n) is 6.47. The van der Waals surface area contributed by atoms with Crippen LogP contribution in [0, 0.1) is 6.92 Å². The number of carbonyl (C=O) groups is 1. The van der Waals surface area contributed by atoms with Crippen LogP contribution in [-0.4, -0.2) is 55.1 Å². The molecule has 1 aliphatic rings. The number of hydrogen-bond donors (Lipinski definition) is 1. The van der Waals surface area contributed by atoms with E-state index in [2.05, 4.69) is 15.5 Å². The molecule has 0 bridgehead atoms. The zero-order valence-electron chi connectivity index (χ0n) is 15.9. The van der Waals surface area contributed by atoms with Crippen LogP contribution in [0.3, 0.4) is 0 Å². The summed E-state index contributed by atoms with van der Waals surface area (Å²) < 4.78 is 38.1. The molecule has 0 radical (unpaired) electrons. The Hall–Kier alpha value is -2.72. The summed E-state index contributed by atoms with van der Waals surface area (Å²) in [4.78, 5) is 11.4. The highest BCUT2D eigenvalue weighted by Gasteiger charge is 2.34. The number of aromatic nitrogens is 2. The lowest BCUT2D eigenvalue weighted by Crippen LogP contribution is -2.31. The van der Waals surface area contributed by atoms with Crippen molar-refractivity contribution in [1.29, 1.82) is 0 Å². The van der Waals surface area contributed by atoms with E-state index in [1.165, 1.54) is 24.4 Å². The van der Waals surface area contributed by atoms with Gasteiger partial charge in [-0.25, -0.2) is 8.42 Å². The summed E-state index contributed by atoms with van der Waals surface area (Å²) in [6, 6.07) is 8.00. The van der Waals surface area contributed by atoms with E-state index >= 15 is 0 Å². The van der Waals surface area contributed by atoms with Crippen molar-refractivity contribution in [3.05, 3.63) is 35.9 Å². The Kier molecular flexibility index (Phi) is 5.80. The molecular formula is C18H22N4O5S. The van der Waals surface area contributed by atoms with Gasteiger partial charge in [-0.3, -0.25) is 4.79 Å². The Morgan fingerprint density at radius 1 is 1.21 bits per heavy atom. The van der Waals surface area contributed by atoms with Gasteiger partial charge in [0.15, 0.2) is 0 Å². The van der Waals surface area contributed by atoms with Gasteiger partial charge in [0.1, 0.15) is 6.10 Å². The average molecular weight is 406 g/mol. The van der Waals surface area contributed by atoms with Crippen molar-refractivity contribution < 1.29 is 22.7 Å². The first-order valence-corrected chi connectivity index (χ1v) is 10.2. The third kappa shape index (κ3) is 4.39. The van der Waals surface area contributed by atoms with Crippen molar-refractivity contribution in [2.45, 2.75) is 31.3 Å². The van der Waals surface area contributed by atoms with Gasteiger partial charge in [-0.15, -0.1) is 10.2 Å². The molecule has 9 nitrogen and oxygen atoms in total. The third-order valence-electron chi connectivity index (χ3n) is 4.33. The summed E-state index contributed by atoms with van der Waals surface area (Å²) in [6.07, 6.45) is 0.243. The molecule has 150 valence electrons. The van der Waals surface area contributed by atoms with E-state index in [4.69, 9.17) is 9.47 Å². The molecule has 1 amide bonds. The number of hydrogen-bond acceptors (Lipinski definition) is 7. The van der Waals surface area contributed by atoms with Crippen LogP contribution in [0.15, 0.2) is 35.2 Å². The Balaban J connectivity index is 1.70. The van der Waals surface area contributed by atoms with Crippen molar-refractivity contribution in [2.24, 2.45) is 0 Å². The van der Waals surface area contributed by atoms with Gasteiger partial charge in [0.2, 0.25) is 27.7 Å². The number of aryl methyl sites for hydroxylation is 1. The van der Waals surface area contributed by atoms with Crippen molar-refractivity contribution in [1.82, 2.24) is 14.5 Å². The molecule has 2 heterocycles. The quantitative estimate of drug-likeness (QED) is 0.775. The van der Waals surface area contributed by atoms with Gasteiger partial charge >= 0.3 is 0 Å². The number of nitrogens with one attached hydrogen (secondary N) is 1. The molecule has 0 saturated carbocycles. The summed E-state index contributed by atoms with van der Waals surface area (Å²) >= 11 is 0. The molecule has 1 unspecified atom stereocenters. The van der Waals surface area contributed by atoms with Crippen LogP contribution in [0.5, 0.6) is 11.8 Å². The Labute approximate surface area is 163 Å². The molecule has 0 spiro atoms. The number of ether oxygens (including phenoxy) is 2. The fraction of sp³-hybridized carbons (Fsp3) is 0.389. The average Bonchev–Trinajstić information content (AvgIpc) is 3.11. The largest absolute Gasteiger partial charge is 0.480 e. The molecular weight excluding hydrogens is 384 g/mol. The molecule has 28 heavy (non-hydrogen) atoms. The zero-order valence-corrected chi connectivity index (χ0v) is 16.7. The molecule has 1 aromatic carbocycles. The maximum absolute atomic E-state index is 13.0. The monoisotopic (exact) mass is 406 g/mol. The van der Waals surface area contributed by atoms with Crippen molar-refractivity contribution >= 4 is 21.6 Å². The fourth-order valence-electron chi connectivity index (χ4n) is 3.02. The smallest absolute Gasteiger partial charge is 0.243 e. The minimum atomic E-state index is -3.67. The van der Waals surface area contributed by atoms with Gasteiger partial charge < -0.3 is 14.8 Å². The van der Waals surface area contributed by atoms with E-state index < -0.39 is 10.0 Å². The molecule has 1 atom stereocenters. The lowest BCUT2D eigenvalue weighted by Gasteiger charge is -2.18. The maximum Gasteiger partial charge on any atom is 0.243 e. The normalized spacial score (nSPS) is 17.3.